The Morgan fingerprint density at radius 3 is 2.43 bits per heavy atom. The van der Waals surface area contributed by atoms with E-state index >= 15 is 0 Å². The first-order chi connectivity index (χ1) is 6.74. The van der Waals surface area contributed by atoms with E-state index in [9.17, 15) is 0 Å². The predicted octanol–water partition coefficient (Wildman–Crippen LogP) is 3.86. The van der Waals surface area contributed by atoms with Gasteiger partial charge >= 0.3 is 0 Å². The zero-order chi connectivity index (χ0) is 10.8. The van der Waals surface area contributed by atoms with Crippen molar-refractivity contribution >= 4 is 22.6 Å². The van der Waals surface area contributed by atoms with Crippen LogP contribution in [0.1, 0.15) is 46.5 Å². The van der Waals surface area contributed by atoms with Gasteiger partial charge in [0.1, 0.15) is 0 Å². The van der Waals surface area contributed by atoms with Gasteiger partial charge < -0.3 is 5.32 Å². The van der Waals surface area contributed by atoms with Crippen LogP contribution in [0.25, 0.3) is 0 Å². The summed E-state index contributed by atoms with van der Waals surface area (Å²) < 4.78 is 1.32. The van der Waals surface area contributed by atoms with Gasteiger partial charge in [0.15, 0.2) is 0 Å². The third-order valence-corrected chi connectivity index (χ3v) is 3.82. The zero-order valence-corrected chi connectivity index (χ0v) is 12.1. The summed E-state index contributed by atoms with van der Waals surface area (Å²) in [5.74, 6) is 1.78. The summed E-state index contributed by atoms with van der Waals surface area (Å²) in [6, 6.07) is 0. The number of rotatable bonds is 9. The van der Waals surface area contributed by atoms with E-state index in [1.807, 2.05) is 0 Å². The first-order valence-electron chi connectivity index (χ1n) is 6.01. The Labute approximate surface area is 104 Å². The van der Waals surface area contributed by atoms with Crippen molar-refractivity contribution in [2.75, 3.05) is 17.5 Å². The molecule has 0 aromatic heterocycles. The van der Waals surface area contributed by atoms with Gasteiger partial charge in [0.2, 0.25) is 0 Å². The number of alkyl halides is 1. The highest BCUT2D eigenvalue weighted by Gasteiger charge is 2.10. The SMILES string of the molecule is CCCNCC(C)C[C@H](CI)CCC. The van der Waals surface area contributed by atoms with E-state index in [1.165, 1.54) is 43.2 Å². The van der Waals surface area contributed by atoms with Crippen LogP contribution in [0.4, 0.5) is 0 Å². The van der Waals surface area contributed by atoms with Gasteiger partial charge in [0.25, 0.3) is 0 Å². The van der Waals surface area contributed by atoms with Crippen LogP contribution in [-0.2, 0) is 0 Å². The van der Waals surface area contributed by atoms with E-state index in [1.54, 1.807) is 0 Å². The molecule has 2 heteroatoms. The minimum atomic E-state index is 0.841. The molecule has 0 heterocycles. The second-order valence-corrected chi connectivity index (χ2v) is 5.23. The quantitative estimate of drug-likeness (QED) is 0.387. The molecule has 1 nitrogen and oxygen atoms in total. The molecule has 0 aromatic carbocycles. The third kappa shape index (κ3) is 8.04. The molecular formula is C12H26IN. The molecule has 1 N–H and O–H groups in total. The summed E-state index contributed by atoms with van der Waals surface area (Å²) in [7, 11) is 0. The van der Waals surface area contributed by atoms with Gasteiger partial charge in [-0.05, 0) is 44.2 Å². The monoisotopic (exact) mass is 311 g/mol. The van der Waals surface area contributed by atoms with Crippen LogP contribution in [0.15, 0.2) is 0 Å². The highest BCUT2D eigenvalue weighted by atomic mass is 127. The molecule has 1 unspecified atom stereocenters. The van der Waals surface area contributed by atoms with Crippen LogP contribution in [-0.4, -0.2) is 17.5 Å². The van der Waals surface area contributed by atoms with E-state index in [4.69, 9.17) is 0 Å². The zero-order valence-electron chi connectivity index (χ0n) is 9.98. The second kappa shape index (κ2) is 10.2. The standard InChI is InChI=1S/C12H26IN/c1-4-6-12(9-13)8-11(3)10-14-7-5-2/h11-12,14H,4-10H2,1-3H3/t11?,12-/m1/s1. The van der Waals surface area contributed by atoms with Crippen molar-refractivity contribution in [2.45, 2.75) is 46.5 Å². The van der Waals surface area contributed by atoms with Gasteiger partial charge in [-0.25, -0.2) is 0 Å². The highest BCUT2D eigenvalue weighted by molar-refractivity contribution is 14.1. The Hall–Kier alpha value is 0.690. The predicted molar refractivity (Wildman–Crippen MR) is 74.2 cm³/mol. The van der Waals surface area contributed by atoms with Crippen molar-refractivity contribution in [3.8, 4) is 0 Å². The average Bonchev–Trinajstić information content (AvgIpc) is 2.17. The van der Waals surface area contributed by atoms with Gasteiger partial charge in [0.05, 0.1) is 0 Å². The molecule has 0 aliphatic heterocycles. The van der Waals surface area contributed by atoms with Crippen LogP contribution in [0.3, 0.4) is 0 Å². The maximum absolute atomic E-state index is 3.50. The van der Waals surface area contributed by atoms with Gasteiger partial charge in [-0.15, -0.1) is 0 Å². The molecule has 0 saturated heterocycles. The van der Waals surface area contributed by atoms with E-state index in [-0.39, 0.29) is 0 Å². The Morgan fingerprint density at radius 2 is 1.93 bits per heavy atom. The minimum Gasteiger partial charge on any atom is -0.316 e. The van der Waals surface area contributed by atoms with Crippen LogP contribution in [0, 0.1) is 11.8 Å². The summed E-state index contributed by atoms with van der Waals surface area (Å²) in [6.07, 6.45) is 5.38. The van der Waals surface area contributed by atoms with E-state index in [0.29, 0.717) is 0 Å². The van der Waals surface area contributed by atoms with Crippen molar-refractivity contribution in [1.82, 2.24) is 5.32 Å². The second-order valence-electron chi connectivity index (χ2n) is 4.35. The molecule has 0 rings (SSSR count). The summed E-state index contributed by atoms with van der Waals surface area (Å²) in [5.41, 5.74) is 0. The van der Waals surface area contributed by atoms with E-state index in [2.05, 4.69) is 48.7 Å². The molecule has 2 atom stereocenters. The van der Waals surface area contributed by atoms with Gasteiger partial charge in [-0.1, -0.05) is 49.8 Å². The molecule has 0 amide bonds. The summed E-state index contributed by atoms with van der Waals surface area (Å²) in [6.45, 7) is 9.26. The Bertz CT molecular complexity index is 117. The van der Waals surface area contributed by atoms with Gasteiger partial charge in [-0.3, -0.25) is 0 Å². The molecule has 14 heavy (non-hydrogen) atoms. The number of nitrogens with one attached hydrogen (secondary N) is 1. The lowest BCUT2D eigenvalue weighted by molar-refractivity contribution is 0.384. The van der Waals surface area contributed by atoms with Crippen molar-refractivity contribution < 1.29 is 0 Å². The fraction of sp³-hybridized carbons (Fsp3) is 1.00. The minimum absolute atomic E-state index is 0.841. The maximum Gasteiger partial charge on any atom is 0.00238 e. The van der Waals surface area contributed by atoms with Gasteiger partial charge in [-0.2, -0.15) is 0 Å². The molecule has 0 aliphatic rings. The lowest BCUT2D eigenvalue weighted by atomic mass is 9.94. The molecule has 0 aliphatic carbocycles. The molecule has 0 spiro atoms. The highest BCUT2D eigenvalue weighted by Crippen LogP contribution is 2.19. The van der Waals surface area contributed by atoms with Crippen molar-refractivity contribution in [1.29, 1.82) is 0 Å². The van der Waals surface area contributed by atoms with Crippen LogP contribution in [0.5, 0.6) is 0 Å². The third-order valence-electron chi connectivity index (χ3n) is 2.57. The topological polar surface area (TPSA) is 12.0 Å². The van der Waals surface area contributed by atoms with Crippen molar-refractivity contribution in [3.63, 3.8) is 0 Å². The molecule has 86 valence electrons. The van der Waals surface area contributed by atoms with Crippen LogP contribution >= 0.6 is 22.6 Å². The summed E-state index contributed by atoms with van der Waals surface area (Å²) in [5, 5.41) is 3.50. The molecule has 0 saturated carbocycles. The normalized spacial score (nSPS) is 15.4. The first-order valence-corrected chi connectivity index (χ1v) is 7.53. The van der Waals surface area contributed by atoms with Crippen molar-refractivity contribution in [3.05, 3.63) is 0 Å². The van der Waals surface area contributed by atoms with E-state index < -0.39 is 0 Å². The summed E-state index contributed by atoms with van der Waals surface area (Å²) >= 11 is 2.53. The molecule has 0 fully saturated rings. The Balaban J connectivity index is 3.51. The smallest absolute Gasteiger partial charge is 0.00238 e. The molecule has 0 aromatic rings. The average molecular weight is 311 g/mol. The fourth-order valence-electron chi connectivity index (χ4n) is 1.84. The maximum atomic E-state index is 3.50. The lowest BCUT2D eigenvalue weighted by Crippen LogP contribution is -2.23. The Kier molecular flexibility index (Phi) is 10.7. The number of hydrogen-bond acceptors (Lipinski definition) is 1. The lowest BCUT2D eigenvalue weighted by Gasteiger charge is -2.18. The Morgan fingerprint density at radius 1 is 1.21 bits per heavy atom. The largest absolute Gasteiger partial charge is 0.316 e. The van der Waals surface area contributed by atoms with Gasteiger partial charge in [0, 0.05) is 4.43 Å². The number of halogens is 1. The van der Waals surface area contributed by atoms with E-state index in [0.717, 1.165) is 11.8 Å². The molecule has 0 radical (unpaired) electrons. The first kappa shape index (κ1) is 14.7. The fourth-order valence-corrected chi connectivity index (χ4v) is 2.64. The number of hydrogen-bond donors (Lipinski definition) is 1. The molecule has 0 bridgehead atoms. The van der Waals surface area contributed by atoms with Crippen molar-refractivity contribution in [2.24, 2.45) is 11.8 Å². The summed E-state index contributed by atoms with van der Waals surface area (Å²) in [4.78, 5) is 0. The molecular weight excluding hydrogens is 285 g/mol. The van der Waals surface area contributed by atoms with Crippen LogP contribution < -0.4 is 5.32 Å². The van der Waals surface area contributed by atoms with Crippen LogP contribution in [0.2, 0.25) is 0 Å².